The van der Waals surface area contributed by atoms with Crippen LogP contribution in [0.2, 0.25) is 0 Å². The first kappa shape index (κ1) is 11.0. The lowest BCUT2D eigenvalue weighted by Crippen LogP contribution is -2.10. The van der Waals surface area contributed by atoms with Crippen molar-refractivity contribution in [1.29, 1.82) is 5.26 Å². The van der Waals surface area contributed by atoms with E-state index in [0.29, 0.717) is 6.61 Å². The van der Waals surface area contributed by atoms with Gasteiger partial charge in [0, 0.05) is 19.0 Å². The molecule has 3 nitrogen and oxygen atoms in total. The molecule has 2 atom stereocenters. The normalized spacial score (nSPS) is 24.0. The van der Waals surface area contributed by atoms with Gasteiger partial charge in [-0.05, 0) is 18.6 Å². The highest BCUT2D eigenvalue weighted by Crippen LogP contribution is 2.33. The molecule has 0 spiro atoms. The Hall–Kier alpha value is -1.53. The van der Waals surface area contributed by atoms with E-state index in [4.69, 9.17) is 10.00 Å². The summed E-state index contributed by atoms with van der Waals surface area (Å²) in [5.74, 6) is 1.23. The molecule has 0 unspecified atom stereocenters. The Morgan fingerprint density at radius 3 is 3.00 bits per heavy atom. The van der Waals surface area contributed by atoms with Crippen molar-refractivity contribution in [3.63, 3.8) is 0 Å². The summed E-state index contributed by atoms with van der Waals surface area (Å²) in [5.41, 5.74) is 1.15. The zero-order valence-corrected chi connectivity index (χ0v) is 9.44. The second kappa shape index (κ2) is 5.00. The molecule has 0 saturated carbocycles. The quantitative estimate of drug-likeness (QED) is 0.839. The summed E-state index contributed by atoms with van der Waals surface area (Å²) in [6.45, 7) is 4.28. The van der Waals surface area contributed by atoms with Gasteiger partial charge in [0.05, 0.1) is 18.6 Å². The maximum atomic E-state index is 9.09. The predicted molar refractivity (Wildman–Crippen MR) is 62.3 cm³/mol. The van der Waals surface area contributed by atoms with Crippen LogP contribution < -0.4 is 10.1 Å². The Labute approximate surface area is 96.0 Å². The number of para-hydroxylation sites is 1. The maximum absolute atomic E-state index is 9.09. The van der Waals surface area contributed by atoms with E-state index < -0.39 is 0 Å². The maximum Gasteiger partial charge on any atom is 0.122 e. The van der Waals surface area contributed by atoms with Crippen LogP contribution in [0.4, 0.5) is 0 Å². The minimum absolute atomic E-state index is 0.0570. The number of ether oxygens (including phenoxy) is 1. The highest BCUT2D eigenvalue weighted by Gasteiger charge is 2.30. The summed E-state index contributed by atoms with van der Waals surface area (Å²) in [6, 6.07) is 10.4. The van der Waals surface area contributed by atoms with Crippen LogP contribution in [0, 0.1) is 17.2 Å². The van der Waals surface area contributed by atoms with E-state index in [2.05, 4.69) is 17.5 Å². The Kier molecular flexibility index (Phi) is 3.43. The first-order valence-corrected chi connectivity index (χ1v) is 5.69. The first-order chi connectivity index (χ1) is 7.86. The number of hydrogen-bond donors (Lipinski definition) is 1. The van der Waals surface area contributed by atoms with Crippen LogP contribution in [0.25, 0.3) is 0 Å². The third kappa shape index (κ3) is 2.02. The number of benzene rings is 1. The van der Waals surface area contributed by atoms with E-state index in [0.717, 1.165) is 24.4 Å². The molecular weight excluding hydrogens is 200 g/mol. The molecule has 3 heteroatoms. The zero-order chi connectivity index (χ0) is 11.4. The van der Waals surface area contributed by atoms with Crippen molar-refractivity contribution in [3.05, 3.63) is 29.8 Å². The molecule has 0 radical (unpaired) electrons. The van der Waals surface area contributed by atoms with Crippen LogP contribution >= 0.6 is 0 Å². The number of nitriles is 1. The zero-order valence-electron chi connectivity index (χ0n) is 9.44. The van der Waals surface area contributed by atoms with Gasteiger partial charge in [0.25, 0.3) is 0 Å². The van der Waals surface area contributed by atoms with Crippen LogP contribution in [-0.4, -0.2) is 19.7 Å². The Balaban J connectivity index is 2.29. The number of nitrogens with one attached hydrogen (secondary N) is 1. The molecule has 2 rings (SSSR count). The standard InChI is InChI=1S/C13H16N2O/c1-2-16-13-6-4-3-5-11(13)12-9-15-8-10(12)7-14/h3-6,10,12,15H,2,8-9H2,1H3/t10-,12+/m1/s1. The van der Waals surface area contributed by atoms with Gasteiger partial charge in [-0.1, -0.05) is 18.2 Å². The monoisotopic (exact) mass is 216 g/mol. The van der Waals surface area contributed by atoms with Crippen LogP contribution in [-0.2, 0) is 0 Å². The van der Waals surface area contributed by atoms with E-state index in [-0.39, 0.29) is 11.8 Å². The number of nitrogens with zero attached hydrogens (tertiary/aromatic N) is 1. The van der Waals surface area contributed by atoms with Crippen molar-refractivity contribution in [2.24, 2.45) is 5.92 Å². The van der Waals surface area contributed by atoms with Crippen LogP contribution in [0.3, 0.4) is 0 Å². The summed E-state index contributed by atoms with van der Waals surface area (Å²) < 4.78 is 5.61. The van der Waals surface area contributed by atoms with Gasteiger partial charge >= 0.3 is 0 Å². The molecule has 0 bridgehead atoms. The van der Waals surface area contributed by atoms with E-state index in [1.165, 1.54) is 0 Å². The molecule has 0 aliphatic carbocycles. The van der Waals surface area contributed by atoms with Crippen LogP contribution in [0.5, 0.6) is 5.75 Å². The average Bonchev–Trinajstić information content (AvgIpc) is 2.78. The second-order valence-corrected chi connectivity index (χ2v) is 3.97. The van der Waals surface area contributed by atoms with Gasteiger partial charge < -0.3 is 10.1 Å². The second-order valence-electron chi connectivity index (χ2n) is 3.97. The molecule has 1 N–H and O–H groups in total. The number of hydrogen-bond acceptors (Lipinski definition) is 3. The summed E-state index contributed by atoms with van der Waals surface area (Å²) in [5, 5.41) is 12.4. The van der Waals surface area contributed by atoms with E-state index >= 15 is 0 Å². The van der Waals surface area contributed by atoms with E-state index in [1.54, 1.807) is 0 Å². The van der Waals surface area contributed by atoms with E-state index in [9.17, 15) is 0 Å². The molecule has 0 aromatic heterocycles. The van der Waals surface area contributed by atoms with Crippen molar-refractivity contribution in [3.8, 4) is 11.8 Å². The van der Waals surface area contributed by atoms with Gasteiger partial charge in [-0.3, -0.25) is 0 Å². The largest absolute Gasteiger partial charge is 0.494 e. The van der Waals surface area contributed by atoms with Crippen molar-refractivity contribution < 1.29 is 4.74 Å². The van der Waals surface area contributed by atoms with Crippen molar-refractivity contribution in [2.75, 3.05) is 19.7 Å². The fourth-order valence-electron chi connectivity index (χ4n) is 2.21. The highest BCUT2D eigenvalue weighted by molar-refractivity contribution is 5.38. The molecule has 1 aromatic rings. The summed E-state index contributed by atoms with van der Waals surface area (Å²) in [6.07, 6.45) is 0. The molecule has 1 aromatic carbocycles. The van der Waals surface area contributed by atoms with Crippen LogP contribution in [0.1, 0.15) is 18.4 Å². The Morgan fingerprint density at radius 2 is 2.25 bits per heavy atom. The molecule has 1 saturated heterocycles. The van der Waals surface area contributed by atoms with Crippen molar-refractivity contribution in [2.45, 2.75) is 12.8 Å². The molecule has 16 heavy (non-hydrogen) atoms. The third-order valence-electron chi connectivity index (χ3n) is 3.00. The Morgan fingerprint density at radius 1 is 1.44 bits per heavy atom. The highest BCUT2D eigenvalue weighted by atomic mass is 16.5. The molecule has 84 valence electrons. The lowest BCUT2D eigenvalue weighted by Gasteiger charge is -2.17. The Bertz CT molecular complexity index is 397. The summed E-state index contributed by atoms with van der Waals surface area (Å²) in [7, 11) is 0. The summed E-state index contributed by atoms with van der Waals surface area (Å²) in [4.78, 5) is 0. The molecule has 1 fully saturated rings. The predicted octanol–water partition coefficient (Wildman–Crippen LogP) is 1.91. The molecule has 1 heterocycles. The van der Waals surface area contributed by atoms with E-state index in [1.807, 2.05) is 25.1 Å². The van der Waals surface area contributed by atoms with Gasteiger partial charge in [0.1, 0.15) is 5.75 Å². The van der Waals surface area contributed by atoms with Gasteiger partial charge in [-0.2, -0.15) is 5.26 Å². The van der Waals surface area contributed by atoms with Gasteiger partial charge in [-0.25, -0.2) is 0 Å². The van der Waals surface area contributed by atoms with Gasteiger partial charge in [0.15, 0.2) is 0 Å². The lowest BCUT2D eigenvalue weighted by molar-refractivity contribution is 0.333. The summed E-state index contributed by atoms with van der Waals surface area (Å²) >= 11 is 0. The van der Waals surface area contributed by atoms with Gasteiger partial charge in [0.2, 0.25) is 0 Å². The smallest absolute Gasteiger partial charge is 0.122 e. The molecule has 0 amide bonds. The van der Waals surface area contributed by atoms with Crippen molar-refractivity contribution >= 4 is 0 Å². The molecule has 1 aliphatic rings. The minimum Gasteiger partial charge on any atom is -0.494 e. The SMILES string of the molecule is CCOc1ccccc1[C@H]1CNC[C@H]1C#N. The fraction of sp³-hybridized carbons (Fsp3) is 0.462. The minimum atomic E-state index is 0.0570. The topological polar surface area (TPSA) is 45.0 Å². The lowest BCUT2D eigenvalue weighted by atomic mass is 9.89. The molecular formula is C13H16N2O. The number of rotatable bonds is 3. The average molecular weight is 216 g/mol. The van der Waals surface area contributed by atoms with Crippen molar-refractivity contribution in [1.82, 2.24) is 5.32 Å². The van der Waals surface area contributed by atoms with Gasteiger partial charge in [-0.15, -0.1) is 0 Å². The first-order valence-electron chi connectivity index (χ1n) is 5.69. The molecule has 1 aliphatic heterocycles. The fourth-order valence-corrected chi connectivity index (χ4v) is 2.21. The van der Waals surface area contributed by atoms with Crippen LogP contribution in [0.15, 0.2) is 24.3 Å². The third-order valence-corrected chi connectivity index (χ3v) is 3.00.